The fourth-order valence-electron chi connectivity index (χ4n) is 3.70. The molecule has 1 amide bonds. The molecule has 0 bridgehead atoms. The fraction of sp³-hybridized carbons (Fsp3) is 0.292. The van der Waals surface area contributed by atoms with Crippen LogP contribution in [0.2, 0.25) is 0 Å². The SMILES string of the molecule is Cc1ccc(-c2n[nH]c(=S)n2CC(=O)N2CCN(C/C=C/c3ccccc3)CC2)cc1. The molecule has 0 unspecified atom stereocenters. The number of hydrogen-bond donors (Lipinski definition) is 1. The number of aromatic nitrogens is 3. The highest BCUT2D eigenvalue weighted by Gasteiger charge is 2.22. The van der Waals surface area contributed by atoms with Gasteiger partial charge in [-0.2, -0.15) is 5.10 Å². The second-order valence-electron chi connectivity index (χ2n) is 7.80. The average molecular weight is 434 g/mol. The first-order valence-corrected chi connectivity index (χ1v) is 10.9. The van der Waals surface area contributed by atoms with Crippen molar-refractivity contribution in [1.82, 2.24) is 24.6 Å². The van der Waals surface area contributed by atoms with E-state index in [4.69, 9.17) is 12.2 Å². The second-order valence-corrected chi connectivity index (χ2v) is 8.19. The maximum atomic E-state index is 12.9. The van der Waals surface area contributed by atoms with E-state index in [0.29, 0.717) is 10.6 Å². The molecule has 31 heavy (non-hydrogen) atoms. The standard InChI is InChI=1S/C24H27N5OS/c1-19-9-11-21(12-10-19)23-25-26-24(31)29(23)18-22(30)28-16-14-27(15-17-28)13-5-8-20-6-3-2-4-7-20/h2-12H,13-18H2,1H3,(H,26,31)/b8-5+. The Kier molecular flexibility index (Phi) is 6.74. The lowest BCUT2D eigenvalue weighted by Gasteiger charge is -2.34. The molecule has 0 saturated carbocycles. The Bertz CT molecular complexity index is 1090. The van der Waals surface area contributed by atoms with Crippen molar-refractivity contribution in [2.45, 2.75) is 13.5 Å². The smallest absolute Gasteiger partial charge is 0.242 e. The van der Waals surface area contributed by atoms with Gasteiger partial charge in [0.15, 0.2) is 10.6 Å². The van der Waals surface area contributed by atoms with Gasteiger partial charge in [-0.05, 0) is 24.7 Å². The zero-order valence-electron chi connectivity index (χ0n) is 17.7. The molecule has 1 aromatic heterocycles. The molecule has 0 aliphatic carbocycles. The number of H-pyrrole nitrogens is 1. The number of rotatable bonds is 6. The summed E-state index contributed by atoms with van der Waals surface area (Å²) in [6.45, 7) is 6.32. The Morgan fingerprint density at radius 1 is 1.06 bits per heavy atom. The maximum Gasteiger partial charge on any atom is 0.242 e. The number of nitrogens with one attached hydrogen (secondary N) is 1. The summed E-state index contributed by atoms with van der Waals surface area (Å²) in [6, 6.07) is 18.4. The maximum absolute atomic E-state index is 12.9. The Balaban J connectivity index is 1.33. The minimum atomic E-state index is 0.0744. The molecule has 160 valence electrons. The predicted molar refractivity (Wildman–Crippen MR) is 126 cm³/mol. The molecule has 0 radical (unpaired) electrons. The molecule has 4 rings (SSSR count). The number of benzene rings is 2. The first kappa shape index (κ1) is 21.2. The molecule has 7 heteroatoms. The molecule has 2 aromatic carbocycles. The number of piperazine rings is 1. The monoisotopic (exact) mass is 433 g/mol. The normalized spacial score (nSPS) is 14.9. The summed E-state index contributed by atoms with van der Waals surface area (Å²) in [5.41, 5.74) is 3.33. The molecule has 1 aliphatic heterocycles. The van der Waals surface area contributed by atoms with E-state index in [1.54, 1.807) is 4.57 Å². The summed E-state index contributed by atoms with van der Waals surface area (Å²) in [6.07, 6.45) is 4.33. The van der Waals surface area contributed by atoms with E-state index in [0.717, 1.165) is 38.3 Å². The third-order valence-corrected chi connectivity index (χ3v) is 5.87. The Labute approximate surface area is 187 Å². The Hall–Kier alpha value is -3.03. The van der Waals surface area contributed by atoms with E-state index in [-0.39, 0.29) is 12.5 Å². The van der Waals surface area contributed by atoms with E-state index < -0.39 is 0 Å². The quantitative estimate of drug-likeness (QED) is 0.601. The Morgan fingerprint density at radius 3 is 2.48 bits per heavy atom. The van der Waals surface area contributed by atoms with E-state index in [1.807, 2.05) is 54.3 Å². The van der Waals surface area contributed by atoms with Gasteiger partial charge < -0.3 is 4.90 Å². The Morgan fingerprint density at radius 2 is 1.77 bits per heavy atom. The van der Waals surface area contributed by atoms with Gasteiger partial charge in [-0.15, -0.1) is 0 Å². The molecule has 3 aromatic rings. The van der Waals surface area contributed by atoms with Crippen LogP contribution in [0.5, 0.6) is 0 Å². The lowest BCUT2D eigenvalue weighted by molar-refractivity contribution is -0.133. The molecule has 2 heterocycles. The van der Waals surface area contributed by atoms with Gasteiger partial charge in [-0.3, -0.25) is 19.4 Å². The zero-order valence-corrected chi connectivity index (χ0v) is 18.5. The van der Waals surface area contributed by atoms with Crippen LogP contribution in [0.1, 0.15) is 11.1 Å². The van der Waals surface area contributed by atoms with Gasteiger partial charge in [0.2, 0.25) is 5.91 Å². The molecule has 0 spiro atoms. The zero-order chi connectivity index (χ0) is 21.6. The first-order valence-electron chi connectivity index (χ1n) is 10.5. The number of aryl methyl sites for hydroxylation is 1. The molecular formula is C24H27N5OS. The minimum absolute atomic E-state index is 0.0744. The topological polar surface area (TPSA) is 57.2 Å². The second kappa shape index (κ2) is 9.85. The molecule has 1 aliphatic rings. The summed E-state index contributed by atoms with van der Waals surface area (Å²) >= 11 is 5.38. The predicted octanol–water partition coefficient (Wildman–Crippen LogP) is 3.77. The highest BCUT2D eigenvalue weighted by Crippen LogP contribution is 2.18. The van der Waals surface area contributed by atoms with Crippen molar-refractivity contribution in [3.8, 4) is 11.4 Å². The van der Waals surface area contributed by atoms with Gasteiger partial charge in [0, 0.05) is 38.3 Å². The van der Waals surface area contributed by atoms with Crippen molar-refractivity contribution in [1.29, 1.82) is 0 Å². The number of nitrogens with zero attached hydrogens (tertiary/aromatic N) is 4. The van der Waals surface area contributed by atoms with Gasteiger partial charge in [-0.25, -0.2) is 0 Å². The van der Waals surface area contributed by atoms with Crippen molar-refractivity contribution >= 4 is 24.2 Å². The van der Waals surface area contributed by atoms with E-state index in [9.17, 15) is 4.79 Å². The summed E-state index contributed by atoms with van der Waals surface area (Å²) in [7, 11) is 0. The van der Waals surface area contributed by atoms with Crippen LogP contribution < -0.4 is 0 Å². The summed E-state index contributed by atoms with van der Waals surface area (Å²) in [4.78, 5) is 17.2. The van der Waals surface area contributed by atoms with E-state index >= 15 is 0 Å². The molecule has 1 saturated heterocycles. The average Bonchev–Trinajstić information content (AvgIpc) is 3.15. The van der Waals surface area contributed by atoms with E-state index in [2.05, 4.69) is 39.4 Å². The first-order chi connectivity index (χ1) is 15.1. The molecule has 1 fully saturated rings. The van der Waals surface area contributed by atoms with Crippen molar-refractivity contribution in [2.24, 2.45) is 0 Å². The highest BCUT2D eigenvalue weighted by atomic mass is 32.1. The van der Waals surface area contributed by atoms with Crippen molar-refractivity contribution in [3.63, 3.8) is 0 Å². The fourth-order valence-corrected chi connectivity index (χ4v) is 3.90. The molecule has 0 atom stereocenters. The molecule has 1 N–H and O–H groups in total. The number of amides is 1. The lowest BCUT2D eigenvalue weighted by atomic mass is 10.1. The number of carbonyl (C=O) groups excluding carboxylic acids is 1. The summed E-state index contributed by atoms with van der Waals surface area (Å²) < 4.78 is 2.26. The van der Waals surface area contributed by atoms with Crippen LogP contribution in [0, 0.1) is 11.7 Å². The number of aromatic amines is 1. The van der Waals surface area contributed by atoms with E-state index in [1.165, 1.54) is 11.1 Å². The van der Waals surface area contributed by atoms with Gasteiger partial charge >= 0.3 is 0 Å². The van der Waals surface area contributed by atoms with Crippen LogP contribution in [-0.4, -0.2) is 63.2 Å². The van der Waals surface area contributed by atoms with Crippen LogP contribution in [0.3, 0.4) is 0 Å². The van der Waals surface area contributed by atoms with Crippen molar-refractivity contribution < 1.29 is 4.79 Å². The van der Waals surface area contributed by atoms with Gasteiger partial charge in [-0.1, -0.05) is 72.3 Å². The molecule has 6 nitrogen and oxygen atoms in total. The van der Waals surface area contributed by atoms with Crippen LogP contribution in [0.25, 0.3) is 17.5 Å². The lowest BCUT2D eigenvalue weighted by Crippen LogP contribution is -2.49. The minimum Gasteiger partial charge on any atom is -0.339 e. The largest absolute Gasteiger partial charge is 0.339 e. The van der Waals surface area contributed by atoms with Gasteiger partial charge in [0.05, 0.1) is 0 Å². The number of hydrogen-bond acceptors (Lipinski definition) is 4. The number of carbonyl (C=O) groups is 1. The van der Waals surface area contributed by atoms with Gasteiger partial charge in [0.25, 0.3) is 0 Å². The van der Waals surface area contributed by atoms with Crippen LogP contribution in [-0.2, 0) is 11.3 Å². The third kappa shape index (κ3) is 5.37. The summed E-state index contributed by atoms with van der Waals surface area (Å²) in [5, 5.41) is 7.18. The third-order valence-electron chi connectivity index (χ3n) is 5.56. The van der Waals surface area contributed by atoms with Crippen LogP contribution in [0.15, 0.2) is 60.7 Å². The van der Waals surface area contributed by atoms with Crippen LogP contribution >= 0.6 is 12.2 Å². The van der Waals surface area contributed by atoms with Gasteiger partial charge in [0.1, 0.15) is 6.54 Å². The summed E-state index contributed by atoms with van der Waals surface area (Å²) in [5.74, 6) is 0.772. The van der Waals surface area contributed by atoms with Crippen molar-refractivity contribution in [2.75, 3.05) is 32.7 Å². The molecular weight excluding hydrogens is 406 g/mol. The van der Waals surface area contributed by atoms with Crippen molar-refractivity contribution in [3.05, 3.63) is 76.6 Å². The highest BCUT2D eigenvalue weighted by molar-refractivity contribution is 7.71. The van der Waals surface area contributed by atoms with Crippen LogP contribution in [0.4, 0.5) is 0 Å².